The first kappa shape index (κ1) is 10.0. The fourth-order valence-electron chi connectivity index (χ4n) is 1.55. The molecule has 2 N–H and O–H groups in total. The molecule has 1 unspecified atom stereocenters. The van der Waals surface area contributed by atoms with Crippen molar-refractivity contribution in [2.45, 2.75) is 27.2 Å². The van der Waals surface area contributed by atoms with Crippen LogP contribution < -0.4 is 10.6 Å². The highest BCUT2D eigenvalue weighted by atomic mass is 14.9. The Balaban J connectivity index is 1.85. The maximum atomic E-state index is 3.48. The van der Waals surface area contributed by atoms with Crippen molar-refractivity contribution >= 4 is 0 Å². The van der Waals surface area contributed by atoms with E-state index in [2.05, 4.69) is 31.4 Å². The molecule has 1 aliphatic rings. The predicted octanol–water partition coefficient (Wildman–Crippen LogP) is 1.23. The smallest absolute Gasteiger partial charge is 0.00768 e. The summed E-state index contributed by atoms with van der Waals surface area (Å²) in [6.07, 6.45) is 1.40. The summed E-state index contributed by atoms with van der Waals surface area (Å²) < 4.78 is 0. The van der Waals surface area contributed by atoms with E-state index in [1.807, 2.05) is 0 Å². The summed E-state index contributed by atoms with van der Waals surface area (Å²) in [4.78, 5) is 0. The largest absolute Gasteiger partial charge is 0.316 e. The topological polar surface area (TPSA) is 24.1 Å². The highest BCUT2D eigenvalue weighted by molar-refractivity contribution is 4.95. The van der Waals surface area contributed by atoms with E-state index in [0.717, 1.165) is 25.6 Å². The molecule has 72 valence electrons. The molecule has 0 aromatic carbocycles. The monoisotopic (exact) mass is 170 g/mol. The lowest BCUT2D eigenvalue weighted by molar-refractivity contribution is 0.514. The van der Waals surface area contributed by atoms with Crippen LogP contribution in [0.25, 0.3) is 0 Å². The molecule has 0 bridgehead atoms. The molecule has 0 aromatic heterocycles. The van der Waals surface area contributed by atoms with Gasteiger partial charge in [-0.2, -0.15) is 0 Å². The Morgan fingerprint density at radius 3 is 2.33 bits per heavy atom. The standard InChI is InChI=1S/C10H22N2/c1-4-11-5-6-12-8-9-7-10(9,2)3/h9,11-12H,4-8H2,1-3H3. The zero-order valence-corrected chi connectivity index (χ0v) is 8.61. The molecule has 0 aromatic rings. The zero-order chi connectivity index (χ0) is 9.03. The Labute approximate surface area is 76.1 Å². The van der Waals surface area contributed by atoms with Gasteiger partial charge in [0.2, 0.25) is 0 Å². The molecular weight excluding hydrogens is 148 g/mol. The van der Waals surface area contributed by atoms with E-state index in [-0.39, 0.29) is 0 Å². The van der Waals surface area contributed by atoms with Crippen molar-refractivity contribution in [1.29, 1.82) is 0 Å². The molecule has 12 heavy (non-hydrogen) atoms. The van der Waals surface area contributed by atoms with Crippen molar-refractivity contribution in [2.75, 3.05) is 26.2 Å². The molecular formula is C10H22N2. The Bertz CT molecular complexity index is 132. The quantitative estimate of drug-likeness (QED) is 0.586. The van der Waals surface area contributed by atoms with Gasteiger partial charge in [0.1, 0.15) is 0 Å². The van der Waals surface area contributed by atoms with E-state index in [1.165, 1.54) is 13.0 Å². The third-order valence-electron chi connectivity index (χ3n) is 2.84. The van der Waals surface area contributed by atoms with Crippen molar-refractivity contribution in [2.24, 2.45) is 11.3 Å². The van der Waals surface area contributed by atoms with Crippen LogP contribution in [-0.2, 0) is 0 Å². The zero-order valence-electron chi connectivity index (χ0n) is 8.61. The van der Waals surface area contributed by atoms with Gasteiger partial charge in [0.25, 0.3) is 0 Å². The van der Waals surface area contributed by atoms with E-state index in [9.17, 15) is 0 Å². The lowest BCUT2D eigenvalue weighted by Crippen LogP contribution is -2.28. The average molecular weight is 170 g/mol. The van der Waals surface area contributed by atoms with Gasteiger partial charge in [-0.1, -0.05) is 20.8 Å². The molecule has 0 spiro atoms. The van der Waals surface area contributed by atoms with Gasteiger partial charge in [0, 0.05) is 13.1 Å². The third kappa shape index (κ3) is 3.11. The molecule has 0 amide bonds. The summed E-state index contributed by atoms with van der Waals surface area (Å²) in [7, 11) is 0. The third-order valence-corrected chi connectivity index (χ3v) is 2.84. The van der Waals surface area contributed by atoms with Crippen LogP contribution in [0.5, 0.6) is 0 Å². The SMILES string of the molecule is CCNCCNCC1CC1(C)C. The fourth-order valence-corrected chi connectivity index (χ4v) is 1.55. The van der Waals surface area contributed by atoms with Crippen molar-refractivity contribution < 1.29 is 0 Å². The molecule has 0 heterocycles. The normalized spacial score (nSPS) is 25.8. The van der Waals surface area contributed by atoms with E-state index >= 15 is 0 Å². The summed E-state index contributed by atoms with van der Waals surface area (Å²) in [5.41, 5.74) is 0.630. The summed E-state index contributed by atoms with van der Waals surface area (Å²) in [5, 5.41) is 6.78. The highest BCUT2D eigenvalue weighted by Gasteiger charge is 2.44. The summed E-state index contributed by atoms with van der Waals surface area (Å²) >= 11 is 0. The molecule has 0 radical (unpaired) electrons. The predicted molar refractivity (Wildman–Crippen MR) is 53.3 cm³/mol. The average Bonchev–Trinajstić information content (AvgIpc) is 2.59. The summed E-state index contributed by atoms with van der Waals surface area (Å²) in [5.74, 6) is 0.930. The van der Waals surface area contributed by atoms with Gasteiger partial charge in [-0.05, 0) is 30.8 Å². The van der Waals surface area contributed by atoms with Crippen molar-refractivity contribution in [3.8, 4) is 0 Å². The van der Waals surface area contributed by atoms with Crippen LogP contribution in [0.4, 0.5) is 0 Å². The highest BCUT2D eigenvalue weighted by Crippen LogP contribution is 2.50. The molecule has 1 fully saturated rings. The molecule has 1 atom stereocenters. The van der Waals surface area contributed by atoms with Crippen LogP contribution in [0.2, 0.25) is 0 Å². The molecule has 0 saturated heterocycles. The van der Waals surface area contributed by atoms with Crippen LogP contribution in [-0.4, -0.2) is 26.2 Å². The van der Waals surface area contributed by atoms with Gasteiger partial charge in [-0.25, -0.2) is 0 Å². The lowest BCUT2D eigenvalue weighted by Gasteiger charge is -2.06. The number of nitrogens with one attached hydrogen (secondary N) is 2. The Hall–Kier alpha value is -0.0800. The molecule has 2 nitrogen and oxygen atoms in total. The Kier molecular flexibility index (Phi) is 3.53. The maximum absolute atomic E-state index is 3.48. The minimum Gasteiger partial charge on any atom is -0.316 e. The minimum absolute atomic E-state index is 0.630. The first-order valence-corrected chi connectivity index (χ1v) is 5.08. The van der Waals surface area contributed by atoms with Gasteiger partial charge >= 0.3 is 0 Å². The van der Waals surface area contributed by atoms with E-state index in [0.29, 0.717) is 5.41 Å². The second kappa shape index (κ2) is 4.24. The van der Waals surface area contributed by atoms with E-state index in [1.54, 1.807) is 0 Å². The molecule has 1 saturated carbocycles. The first-order chi connectivity index (χ1) is 5.67. The van der Waals surface area contributed by atoms with Crippen LogP contribution in [0, 0.1) is 11.3 Å². The van der Waals surface area contributed by atoms with E-state index in [4.69, 9.17) is 0 Å². The molecule has 1 rings (SSSR count). The van der Waals surface area contributed by atoms with Gasteiger partial charge in [-0.3, -0.25) is 0 Å². The summed E-state index contributed by atoms with van der Waals surface area (Å²) in [6, 6.07) is 0. The van der Waals surface area contributed by atoms with Crippen LogP contribution in [0.1, 0.15) is 27.2 Å². The fraction of sp³-hybridized carbons (Fsp3) is 1.00. The van der Waals surface area contributed by atoms with Gasteiger partial charge in [-0.15, -0.1) is 0 Å². The number of likely N-dealkylation sites (N-methyl/N-ethyl adjacent to an activating group) is 1. The second-order valence-corrected chi connectivity index (χ2v) is 4.45. The van der Waals surface area contributed by atoms with Crippen LogP contribution in [0.3, 0.4) is 0 Å². The number of rotatable bonds is 6. The van der Waals surface area contributed by atoms with E-state index < -0.39 is 0 Å². The van der Waals surface area contributed by atoms with Gasteiger partial charge in [0.15, 0.2) is 0 Å². The van der Waals surface area contributed by atoms with Crippen molar-refractivity contribution in [3.63, 3.8) is 0 Å². The Morgan fingerprint density at radius 2 is 1.83 bits per heavy atom. The minimum atomic E-state index is 0.630. The van der Waals surface area contributed by atoms with Gasteiger partial charge in [0.05, 0.1) is 0 Å². The molecule has 0 aliphatic heterocycles. The van der Waals surface area contributed by atoms with Crippen molar-refractivity contribution in [3.05, 3.63) is 0 Å². The second-order valence-electron chi connectivity index (χ2n) is 4.45. The lowest BCUT2D eigenvalue weighted by atomic mass is 10.1. The van der Waals surface area contributed by atoms with Crippen LogP contribution >= 0.6 is 0 Å². The molecule has 1 aliphatic carbocycles. The number of hydrogen-bond acceptors (Lipinski definition) is 2. The van der Waals surface area contributed by atoms with Crippen molar-refractivity contribution in [1.82, 2.24) is 10.6 Å². The molecule has 2 heteroatoms. The maximum Gasteiger partial charge on any atom is 0.00768 e. The van der Waals surface area contributed by atoms with Crippen LogP contribution in [0.15, 0.2) is 0 Å². The first-order valence-electron chi connectivity index (χ1n) is 5.08. The van der Waals surface area contributed by atoms with Gasteiger partial charge < -0.3 is 10.6 Å². The number of hydrogen-bond donors (Lipinski definition) is 2. The summed E-state index contributed by atoms with van der Waals surface area (Å²) in [6.45, 7) is 11.3. The Morgan fingerprint density at radius 1 is 1.25 bits per heavy atom.